The van der Waals surface area contributed by atoms with E-state index in [1.807, 2.05) is 18.2 Å². The lowest BCUT2D eigenvalue weighted by Gasteiger charge is -2.05. The van der Waals surface area contributed by atoms with Gasteiger partial charge >= 0.3 is 0 Å². The monoisotopic (exact) mass is 411 g/mol. The number of halogens is 1. The Morgan fingerprint density at radius 1 is 1.11 bits per heavy atom. The SMILES string of the molecule is O=C(Nc1n[nH]c2sc(C(=O)NCc3ccccc3Cl)cc12)c1ccncc1. The second-order valence-corrected chi connectivity index (χ2v) is 7.35. The molecular formula is C19H14ClN5O2S. The zero-order valence-corrected chi connectivity index (χ0v) is 16.0. The van der Waals surface area contributed by atoms with Gasteiger partial charge < -0.3 is 10.6 Å². The summed E-state index contributed by atoms with van der Waals surface area (Å²) in [5, 5.41) is 13.8. The first-order chi connectivity index (χ1) is 13.6. The maximum absolute atomic E-state index is 12.5. The van der Waals surface area contributed by atoms with Gasteiger partial charge in [-0.2, -0.15) is 5.10 Å². The highest BCUT2D eigenvalue weighted by Crippen LogP contribution is 2.29. The number of hydrogen-bond acceptors (Lipinski definition) is 5. The zero-order valence-electron chi connectivity index (χ0n) is 14.4. The van der Waals surface area contributed by atoms with Crippen molar-refractivity contribution >= 4 is 50.8 Å². The van der Waals surface area contributed by atoms with Gasteiger partial charge in [-0.15, -0.1) is 11.3 Å². The molecule has 0 saturated heterocycles. The molecule has 4 rings (SSSR count). The van der Waals surface area contributed by atoms with E-state index in [9.17, 15) is 9.59 Å². The fourth-order valence-corrected chi connectivity index (χ4v) is 3.73. The number of aromatic amines is 1. The summed E-state index contributed by atoms with van der Waals surface area (Å²) in [6.45, 7) is 0.328. The van der Waals surface area contributed by atoms with Crippen molar-refractivity contribution in [3.63, 3.8) is 0 Å². The number of anilines is 1. The summed E-state index contributed by atoms with van der Waals surface area (Å²) >= 11 is 7.38. The number of carbonyl (C=O) groups excluding carboxylic acids is 2. The third-order valence-electron chi connectivity index (χ3n) is 4.05. The number of pyridine rings is 1. The van der Waals surface area contributed by atoms with Crippen LogP contribution in [-0.2, 0) is 6.54 Å². The van der Waals surface area contributed by atoms with Crippen molar-refractivity contribution < 1.29 is 9.59 Å². The van der Waals surface area contributed by atoms with Crippen molar-refractivity contribution in [3.05, 3.63) is 75.9 Å². The summed E-state index contributed by atoms with van der Waals surface area (Å²) in [6.07, 6.45) is 3.09. The second kappa shape index (κ2) is 7.79. The molecule has 7 nitrogen and oxygen atoms in total. The van der Waals surface area contributed by atoms with Gasteiger partial charge in [-0.1, -0.05) is 29.8 Å². The van der Waals surface area contributed by atoms with E-state index in [0.29, 0.717) is 38.0 Å². The highest BCUT2D eigenvalue weighted by Gasteiger charge is 2.17. The van der Waals surface area contributed by atoms with Crippen LogP contribution in [0.3, 0.4) is 0 Å². The number of amides is 2. The van der Waals surface area contributed by atoms with E-state index in [0.717, 1.165) is 5.56 Å². The number of H-pyrrole nitrogens is 1. The van der Waals surface area contributed by atoms with Crippen LogP contribution < -0.4 is 10.6 Å². The molecule has 4 aromatic rings. The lowest BCUT2D eigenvalue weighted by Crippen LogP contribution is -2.21. The van der Waals surface area contributed by atoms with Gasteiger partial charge in [0.1, 0.15) is 4.83 Å². The highest BCUT2D eigenvalue weighted by atomic mass is 35.5. The van der Waals surface area contributed by atoms with Gasteiger partial charge in [0.05, 0.1) is 10.3 Å². The van der Waals surface area contributed by atoms with Crippen molar-refractivity contribution in [2.45, 2.75) is 6.54 Å². The van der Waals surface area contributed by atoms with Crippen LogP contribution in [0.15, 0.2) is 54.9 Å². The number of aromatic nitrogens is 3. The molecule has 0 saturated carbocycles. The number of rotatable bonds is 5. The maximum atomic E-state index is 12.5. The van der Waals surface area contributed by atoms with Gasteiger partial charge in [-0.05, 0) is 29.8 Å². The van der Waals surface area contributed by atoms with Crippen LogP contribution in [0.4, 0.5) is 5.82 Å². The van der Waals surface area contributed by atoms with Crippen LogP contribution in [0, 0.1) is 0 Å². The van der Waals surface area contributed by atoms with Crippen LogP contribution in [0.5, 0.6) is 0 Å². The van der Waals surface area contributed by atoms with Gasteiger partial charge in [-0.3, -0.25) is 19.7 Å². The number of benzene rings is 1. The van der Waals surface area contributed by atoms with Gasteiger partial charge in [0, 0.05) is 29.5 Å². The fourth-order valence-electron chi connectivity index (χ4n) is 2.61. The summed E-state index contributed by atoms with van der Waals surface area (Å²) in [4.78, 5) is 29.9. The number of nitrogens with one attached hydrogen (secondary N) is 3. The average molecular weight is 412 g/mol. The topological polar surface area (TPSA) is 99.8 Å². The van der Waals surface area contributed by atoms with Gasteiger partial charge in [0.15, 0.2) is 5.82 Å². The molecule has 0 aliphatic carbocycles. The molecular weight excluding hydrogens is 398 g/mol. The van der Waals surface area contributed by atoms with Crippen LogP contribution in [0.25, 0.3) is 10.2 Å². The van der Waals surface area contributed by atoms with E-state index in [-0.39, 0.29) is 11.8 Å². The molecule has 0 bridgehead atoms. The lowest BCUT2D eigenvalue weighted by atomic mass is 10.2. The predicted molar refractivity (Wildman–Crippen MR) is 109 cm³/mol. The smallest absolute Gasteiger partial charge is 0.261 e. The molecule has 3 heterocycles. The molecule has 2 amide bonds. The summed E-state index contributed by atoms with van der Waals surface area (Å²) in [6, 6.07) is 12.3. The van der Waals surface area contributed by atoms with Crippen LogP contribution >= 0.6 is 22.9 Å². The lowest BCUT2D eigenvalue weighted by molar-refractivity contribution is 0.0954. The zero-order chi connectivity index (χ0) is 19.5. The van der Waals surface area contributed by atoms with E-state index in [1.54, 1.807) is 36.7 Å². The quantitative estimate of drug-likeness (QED) is 0.464. The standard InChI is InChI=1S/C19H14ClN5O2S/c20-14-4-2-1-3-12(14)10-22-18(27)15-9-13-16(24-25-19(13)28-15)23-17(26)11-5-7-21-8-6-11/h1-9H,10H2,(H,22,27)(H2,23,24,25,26). The number of hydrogen-bond donors (Lipinski definition) is 3. The molecule has 0 radical (unpaired) electrons. The maximum Gasteiger partial charge on any atom is 0.261 e. The molecule has 3 N–H and O–H groups in total. The van der Waals surface area contributed by atoms with E-state index in [1.165, 1.54) is 11.3 Å². The Bertz CT molecular complexity index is 1160. The number of carbonyl (C=O) groups is 2. The molecule has 140 valence electrons. The van der Waals surface area contributed by atoms with Crippen LogP contribution in [-0.4, -0.2) is 27.0 Å². The fraction of sp³-hybridized carbons (Fsp3) is 0.0526. The van der Waals surface area contributed by atoms with Crippen molar-refractivity contribution in [3.8, 4) is 0 Å². The Morgan fingerprint density at radius 2 is 1.89 bits per heavy atom. The first-order valence-corrected chi connectivity index (χ1v) is 9.52. The first kappa shape index (κ1) is 18.1. The van der Waals surface area contributed by atoms with Crippen molar-refractivity contribution in [1.82, 2.24) is 20.5 Å². The van der Waals surface area contributed by atoms with Crippen molar-refractivity contribution in [1.29, 1.82) is 0 Å². The minimum atomic E-state index is -0.299. The molecule has 0 fully saturated rings. The normalized spacial score (nSPS) is 10.8. The third kappa shape index (κ3) is 3.73. The third-order valence-corrected chi connectivity index (χ3v) is 5.46. The summed E-state index contributed by atoms with van der Waals surface area (Å²) < 4.78 is 0. The second-order valence-electron chi connectivity index (χ2n) is 5.89. The van der Waals surface area contributed by atoms with Crippen LogP contribution in [0.1, 0.15) is 25.6 Å². The molecule has 28 heavy (non-hydrogen) atoms. The Balaban J connectivity index is 1.48. The predicted octanol–water partition coefficient (Wildman–Crippen LogP) is 3.86. The average Bonchev–Trinajstić information content (AvgIpc) is 3.30. The minimum absolute atomic E-state index is 0.221. The Kier molecular flexibility index (Phi) is 5.05. The van der Waals surface area contributed by atoms with E-state index in [2.05, 4.69) is 25.8 Å². The summed E-state index contributed by atoms with van der Waals surface area (Å²) in [7, 11) is 0. The summed E-state index contributed by atoms with van der Waals surface area (Å²) in [5.74, 6) is -0.147. The van der Waals surface area contributed by atoms with Crippen molar-refractivity contribution in [2.24, 2.45) is 0 Å². The Hall–Kier alpha value is -3.23. The Labute approximate surface area is 168 Å². The number of nitrogens with zero attached hydrogens (tertiary/aromatic N) is 2. The highest BCUT2D eigenvalue weighted by molar-refractivity contribution is 7.20. The van der Waals surface area contributed by atoms with Gasteiger partial charge in [0.2, 0.25) is 0 Å². The van der Waals surface area contributed by atoms with Gasteiger partial charge in [0.25, 0.3) is 11.8 Å². The molecule has 0 aliphatic heterocycles. The molecule has 9 heteroatoms. The molecule has 1 aromatic carbocycles. The molecule has 0 unspecified atom stereocenters. The van der Waals surface area contributed by atoms with Gasteiger partial charge in [-0.25, -0.2) is 0 Å². The first-order valence-electron chi connectivity index (χ1n) is 8.32. The minimum Gasteiger partial charge on any atom is -0.347 e. The Morgan fingerprint density at radius 3 is 2.68 bits per heavy atom. The number of thiophene rings is 1. The van der Waals surface area contributed by atoms with E-state index in [4.69, 9.17) is 11.6 Å². The van der Waals surface area contributed by atoms with E-state index < -0.39 is 0 Å². The molecule has 3 aromatic heterocycles. The van der Waals surface area contributed by atoms with Crippen LogP contribution in [0.2, 0.25) is 5.02 Å². The van der Waals surface area contributed by atoms with E-state index >= 15 is 0 Å². The molecule has 0 spiro atoms. The number of fused-ring (bicyclic) bond motifs is 1. The summed E-state index contributed by atoms with van der Waals surface area (Å²) in [5.41, 5.74) is 1.31. The van der Waals surface area contributed by atoms with Crippen molar-refractivity contribution in [2.75, 3.05) is 5.32 Å². The molecule has 0 atom stereocenters. The molecule has 0 aliphatic rings. The largest absolute Gasteiger partial charge is 0.347 e.